The van der Waals surface area contributed by atoms with Crippen molar-refractivity contribution in [2.45, 2.75) is 17.9 Å². The maximum Gasteiger partial charge on any atom is 0.204 e. The topological polar surface area (TPSA) is 29.7 Å². The SMILES string of the molecule is Cc1ccccc1-c1nc(-c2cc[n+](C(C)I)cc2)nc2ccccc12.[I-]. The van der Waals surface area contributed by atoms with Crippen molar-refractivity contribution in [1.82, 2.24) is 9.97 Å². The van der Waals surface area contributed by atoms with Crippen LogP contribution >= 0.6 is 22.6 Å². The number of hydrogen-bond donors (Lipinski definition) is 0. The fourth-order valence-electron chi connectivity index (χ4n) is 3.07. The van der Waals surface area contributed by atoms with E-state index in [1.807, 2.05) is 12.1 Å². The molecule has 2 heterocycles. The summed E-state index contributed by atoms with van der Waals surface area (Å²) in [5.41, 5.74) is 5.35. The molecule has 0 saturated heterocycles. The van der Waals surface area contributed by atoms with Crippen molar-refractivity contribution in [2.24, 2.45) is 0 Å². The Bertz CT molecular complexity index is 1080. The van der Waals surface area contributed by atoms with Crippen LogP contribution in [0.15, 0.2) is 73.1 Å². The van der Waals surface area contributed by atoms with Gasteiger partial charge >= 0.3 is 0 Å². The average Bonchev–Trinajstić information content (AvgIpc) is 2.68. The Morgan fingerprint density at radius 1 is 0.889 bits per heavy atom. The molecule has 1 atom stereocenters. The van der Waals surface area contributed by atoms with Gasteiger partial charge in [-0.3, -0.25) is 0 Å². The van der Waals surface area contributed by atoms with Crippen molar-refractivity contribution in [3.8, 4) is 22.6 Å². The van der Waals surface area contributed by atoms with Crippen molar-refractivity contribution >= 4 is 33.5 Å². The number of para-hydroxylation sites is 1. The van der Waals surface area contributed by atoms with Crippen LogP contribution in [0.3, 0.4) is 0 Å². The molecule has 0 bridgehead atoms. The summed E-state index contributed by atoms with van der Waals surface area (Å²) in [5, 5.41) is 1.08. The van der Waals surface area contributed by atoms with E-state index in [4.69, 9.17) is 9.97 Å². The molecule has 1 unspecified atom stereocenters. The van der Waals surface area contributed by atoms with Crippen molar-refractivity contribution in [1.29, 1.82) is 0 Å². The lowest BCUT2D eigenvalue weighted by Crippen LogP contribution is -3.00. The van der Waals surface area contributed by atoms with Crippen LogP contribution in [-0.2, 0) is 0 Å². The zero-order chi connectivity index (χ0) is 18.1. The Morgan fingerprint density at radius 3 is 2.26 bits per heavy atom. The van der Waals surface area contributed by atoms with E-state index in [0.29, 0.717) is 4.05 Å². The normalized spacial score (nSPS) is 11.8. The first-order valence-electron chi connectivity index (χ1n) is 8.61. The predicted octanol–water partition coefficient (Wildman–Crippen LogP) is 2.52. The highest BCUT2D eigenvalue weighted by Crippen LogP contribution is 2.30. The summed E-state index contributed by atoms with van der Waals surface area (Å²) in [5.74, 6) is 0.759. The number of fused-ring (bicyclic) bond motifs is 1. The molecule has 2 aromatic heterocycles. The Kier molecular flexibility index (Phi) is 6.41. The fraction of sp³-hybridized carbons (Fsp3) is 0.136. The molecule has 136 valence electrons. The molecule has 0 fully saturated rings. The van der Waals surface area contributed by atoms with E-state index in [1.54, 1.807) is 0 Å². The number of nitrogens with zero attached hydrogens (tertiary/aromatic N) is 3. The minimum absolute atomic E-state index is 0. The molecule has 0 aliphatic heterocycles. The predicted molar refractivity (Wildman–Crippen MR) is 114 cm³/mol. The lowest BCUT2D eigenvalue weighted by Gasteiger charge is -2.11. The molecule has 4 rings (SSSR count). The first-order valence-corrected chi connectivity index (χ1v) is 9.86. The summed E-state index contributed by atoms with van der Waals surface area (Å²) in [7, 11) is 0. The lowest BCUT2D eigenvalue weighted by atomic mass is 10.0. The van der Waals surface area contributed by atoms with Crippen LogP contribution in [0.2, 0.25) is 0 Å². The zero-order valence-corrected chi connectivity index (χ0v) is 19.4. The molecule has 0 spiro atoms. The maximum atomic E-state index is 4.95. The summed E-state index contributed by atoms with van der Waals surface area (Å²) < 4.78 is 2.56. The summed E-state index contributed by atoms with van der Waals surface area (Å²) >= 11 is 2.39. The number of aromatic nitrogens is 3. The van der Waals surface area contributed by atoms with Gasteiger partial charge in [0.25, 0.3) is 0 Å². The van der Waals surface area contributed by atoms with Crippen molar-refractivity contribution < 1.29 is 28.5 Å². The van der Waals surface area contributed by atoms with Gasteiger partial charge in [-0.25, -0.2) is 9.97 Å². The highest BCUT2D eigenvalue weighted by molar-refractivity contribution is 14.1. The van der Waals surface area contributed by atoms with Crippen molar-refractivity contribution in [3.05, 3.63) is 78.6 Å². The molecular formula is C22H19I2N3. The standard InChI is InChI=1S/C22H19IN3.HI/c1-15-7-3-4-8-18(15)21-19-9-5-6-10-20(19)24-22(25-21)17-11-13-26(14-12-17)16(2)23;/h3-14,16H,1-2H3;1H/q+1;/p-1. The number of rotatable bonds is 3. The molecule has 27 heavy (non-hydrogen) atoms. The number of pyridine rings is 1. The molecule has 0 N–H and O–H groups in total. The number of aryl methyl sites for hydroxylation is 1. The monoisotopic (exact) mass is 579 g/mol. The first-order chi connectivity index (χ1) is 12.6. The second-order valence-corrected chi connectivity index (χ2v) is 8.14. The van der Waals surface area contributed by atoms with Crippen molar-refractivity contribution in [2.75, 3.05) is 0 Å². The van der Waals surface area contributed by atoms with Crippen LogP contribution in [0.4, 0.5) is 0 Å². The average molecular weight is 579 g/mol. The number of halogens is 2. The van der Waals surface area contributed by atoms with E-state index in [2.05, 4.69) is 102 Å². The summed E-state index contributed by atoms with van der Waals surface area (Å²) in [6.07, 6.45) is 4.16. The van der Waals surface area contributed by atoms with Crippen molar-refractivity contribution in [3.63, 3.8) is 0 Å². The Balaban J connectivity index is 0.00000210. The largest absolute Gasteiger partial charge is 1.00 e. The van der Waals surface area contributed by atoms with Gasteiger partial charge in [-0.1, -0.05) is 42.5 Å². The van der Waals surface area contributed by atoms with Gasteiger partial charge in [0.1, 0.15) is 0 Å². The van der Waals surface area contributed by atoms with E-state index in [1.165, 1.54) is 5.56 Å². The molecule has 0 amide bonds. The fourth-order valence-corrected chi connectivity index (χ4v) is 3.45. The van der Waals surface area contributed by atoms with Gasteiger partial charge in [0.05, 0.1) is 11.2 Å². The van der Waals surface area contributed by atoms with E-state index in [0.717, 1.165) is 33.5 Å². The lowest BCUT2D eigenvalue weighted by molar-refractivity contribution is -0.690. The van der Waals surface area contributed by atoms with Gasteiger partial charge in [0.15, 0.2) is 18.2 Å². The molecule has 3 nitrogen and oxygen atoms in total. The van der Waals surface area contributed by atoms with Gasteiger partial charge in [-0.2, -0.15) is 4.57 Å². The molecule has 5 heteroatoms. The minimum Gasteiger partial charge on any atom is -1.00 e. The quantitative estimate of drug-likeness (QED) is 0.212. The van der Waals surface area contributed by atoms with Gasteiger partial charge in [-0.15, -0.1) is 0 Å². The zero-order valence-electron chi connectivity index (χ0n) is 15.1. The summed E-state index contributed by atoms with van der Waals surface area (Å²) in [6.45, 7) is 4.28. The third-order valence-corrected chi connectivity index (χ3v) is 5.17. The van der Waals surface area contributed by atoms with Crippen LogP contribution in [0, 0.1) is 6.92 Å². The number of alkyl halides is 1. The van der Waals surface area contributed by atoms with Gasteiger partial charge in [0, 0.05) is 35.6 Å². The molecule has 0 saturated carbocycles. The van der Waals surface area contributed by atoms with Crippen LogP contribution in [0.5, 0.6) is 0 Å². The molecule has 0 aliphatic carbocycles. The smallest absolute Gasteiger partial charge is 0.204 e. The molecular weight excluding hydrogens is 560 g/mol. The number of hydrogen-bond acceptors (Lipinski definition) is 2. The molecule has 0 radical (unpaired) electrons. The van der Waals surface area contributed by atoms with Crippen LogP contribution in [-0.4, -0.2) is 9.97 Å². The Labute approximate surface area is 190 Å². The first kappa shape index (κ1) is 20.1. The van der Waals surface area contributed by atoms with Gasteiger partial charge in [0.2, 0.25) is 4.05 Å². The van der Waals surface area contributed by atoms with E-state index in [9.17, 15) is 0 Å². The van der Waals surface area contributed by atoms with Crippen LogP contribution in [0.1, 0.15) is 16.5 Å². The maximum absolute atomic E-state index is 4.95. The third-order valence-electron chi connectivity index (χ3n) is 4.52. The van der Waals surface area contributed by atoms with E-state index >= 15 is 0 Å². The van der Waals surface area contributed by atoms with Gasteiger partial charge in [-0.05, 0) is 41.1 Å². The highest BCUT2D eigenvalue weighted by atomic mass is 127. The number of benzene rings is 2. The molecule has 0 aliphatic rings. The second kappa shape index (κ2) is 8.60. The van der Waals surface area contributed by atoms with E-state index < -0.39 is 0 Å². The summed E-state index contributed by atoms with van der Waals surface area (Å²) in [4.78, 5) is 9.77. The van der Waals surface area contributed by atoms with Crippen LogP contribution < -0.4 is 28.5 Å². The third kappa shape index (κ3) is 4.13. The highest BCUT2D eigenvalue weighted by Gasteiger charge is 2.14. The van der Waals surface area contributed by atoms with Crippen LogP contribution in [0.25, 0.3) is 33.5 Å². The molecule has 2 aromatic carbocycles. The Hall–Kier alpha value is -1.61. The minimum atomic E-state index is 0. The second-order valence-electron chi connectivity index (χ2n) is 6.34. The van der Waals surface area contributed by atoms with E-state index in [-0.39, 0.29) is 24.0 Å². The molecule has 4 aromatic rings. The van der Waals surface area contributed by atoms with Gasteiger partial charge < -0.3 is 24.0 Å². The Morgan fingerprint density at radius 2 is 1.56 bits per heavy atom. The summed E-state index contributed by atoms with van der Waals surface area (Å²) in [6, 6.07) is 20.8.